The van der Waals surface area contributed by atoms with E-state index in [4.69, 9.17) is 0 Å². The van der Waals surface area contributed by atoms with Gasteiger partial charge in [0.05, 0.1) is 11.0 Å². The minimum absolute atomic E-state index is 0.511. The fourth-order valence-corrected chi connectivity index (χ4v) is 5.02. The molecule has 170 valence electrons. The number of fused-ring (bicyclic) bond motifs is 4. The van der Waals surface area contributed by atoms with Gasteiger partial charge in [0.15, 0.2) is 5.65 Å². The van der Waals surface area contributed by atoms with E-state index in [1.807, 2.05) is 83.4 Å². The topological polar surface area (TPSA) is 52.2 Å². The predicted octanol–water partition coefficient (Wildman–Crippen LogP) is 6.52. The minimum Gasteiger partial charge on any atom is -0.279 e. The molecule has 5 nitrogen and oxygen atoms in total. The third-order valence-electron chi connectivity index (χ3n) is 6.62. The van der Waals surface area contributed by atoms with Crippen LogP contribution >= 0.6 is 0 Å². The summed E-state index contributed by atoms with van der Waals surface area (Å²) in [5.41, 5.74) is 5.96. The van der Waals surface area contributed by atoms with Gasteiger partial charge in [0.2, 0.25) is 5.95 Å². The molecule has 0 aliphatic carbocycles. The fourth-order valence-electron chi connectivity index (χ4n) is 5.02. The second-order valence-corrected chi connectivity index (χ2v) is 8.74. The smallest absolute Gasteiger partial charge is 0.279 e. The van der Waals surface area contributed by atoms with Crippen molar-refractivity contribution >= 4 is 27.5 Å². The zero-order valence-electron chi connectivity index (χ0n) is 19.2. The van der Waals surface area contributed by atoms with E-state index in [0.29, 0.717) is 11.6 Å². The average Bonchev–Trinajstić information content (AvgIpc) is 3.27. The summed E-state index contributed by atoms with van der Waals surface area (Å²) in [7, 11) is 0. The van der Waals surface area contributed by atoms with Crippen molar-refractivity contribution < 1.29 is 0 Å². The van der Waals surface area contributed by atoms with Crippen molar-refractivity contribution in [2.75, 3.05) is 0 Å². The van der Waals surface area contributed by atoms with E-state index in [2.05, 4.69) is 57.0 Å². The Kier molecular flexibility index (Phi) is 4.54. The van der Waals surface area contributed by atoms with Crippen LogP contribution in [0.5, 0.6) is 0 Å². The van der Waals surface area contributed by atoms with Gasteiger partial charge in [-0.05, 0) is 34.9 Å². The van der Waals surface area contributed by atoms with E-state index >= 15 is 0 Å². The van der Waals surface area contributed by atoms with E-state index in [1.165, 1.54) is 0 Å². The third kappa shape index (κ3) is 3.14. The Hall–Kier alpha value is -5.03. The Balaban J connectivity index is 1.66. The van der Waals surface area contributed by atoms with Crippen molar-refractivity contribution in [2.24, 2.45) is 0 Å². The van der Waals surface area contributed by atoms with Crippen molar-refractivity contribution in [3.05, 3.63) is 132 Å². The summed E-state index contributed by atoms with van der Waals surface area (Å²) in [6.07, 6.45) is 2.02. The van der Waals surface area contributed by atoms with Crippen LogP contribution in [0.4, 0.5) is 0 Å². The molecule has 36 heavy (non-hydrogen) atoms. The molecule has 0 amide bonds. The molecular weight excluding hydrogens is 444 g/mol. The Morgan fingerprint density at radius 3 is 1.75 bits per heavy atom. The normalized spacial score (nSPS) is 11.4. The number of benzene rings is 4. The molecule has 0 saturated carbocycles. The fraction of sp³-hybridized carbons (Fsp3) is 0. The number of pyridine rings is 1. The molecule has 0 radical (unpaired) electrons. The molecule has 0 bridgehead atoms. The molecule has 0 atom stereocenters. The quantitative estimate of drug-likeness (QED) is 0.299. The van der Waals surface area contributed by atoms with Crippen LogP contribution in [0.25, 0.3) is 55.7 Å². The van der Waals surface area contributed by atoms with Gasteiger partial charge in [-0.25, -0.2) is 4.79 Å². The summed E-state index contributed by atoms with van der Waals surface area (Å²) in [5, 5.41) is 2.21. The van der Waals surface area contributed by atoms with Crippen LogP contribution in [0, 0.1) is 0 Å². The zero-order chi connectivity index (χ0) is 24.1. The first-order valence-corrected chi connectivity index (χ1v) is 11.8. The lowest BCUT2D eigenvalue weighted by atomic mass is 10.0. The van der Waals surface area contributed by atoms with Crippen LogP contribution in [0.3, 0.4) is 0 Å². The van der Waals surface area contributed by atoms with Crippen molar-refractivity contribution in [1.82, 2.24) is 18.9 Å². The zero-order valence-corrected chi connectivity index (χ0v) is 19.2. The Labute approximate surface area is 206 Å². The van der Waals surface area contributed by atoms with Crippen molar-refractivity contribution in [1.29, 1.82) is 0 Å². The van der Waals surface area contributed by atoms with Crippen LogP contribution in [0.15, 0.2) is 126 Å². The van der Waals surface area contributed by atoms with Gasteiger partial charge in [0, 0.05) is 22.5 Å². The molecule has 0 fully saturated rings. The summed E-state index contributed by atoms with van der Waals surface area (Å²) < 4.78 is 4.01. The molecular formula is C31H20N4O. The van der Waals surface area contributed by atoms with Crippen molar-refractivity contribution in [3.63, 3.8) is 0 Å². The summed E-state index contributed by atoms with van der Waals surface area (Å²) >= 11 is 0. The van der Waals surface area contributed by atoms with Gasteiger partial charge in [-0.3, -0.25) is 8.97 Å². The Morgan fingerprint density at radius 1 is 0.556 bits per heavy atom. The number of nitrogens with zero attached hydrogens (tertiary/aromatic N) is 4. The maximum atomic E-state index is 13.0. The highest BCUT2D eigenvalue weighted by Crippen LogP contribution is 2.33. The molecule has 0 aliphatic heterocycles. The van der Waals surface area contributed by atoms with Crippen LogP contribution < -0.4 is 5.69 Å². The molecule has 7 aromatic rings. The van der Waals surface area contributed by atoms with Crippen LogP contribution in [-0.2, 0) is 0 Å². The molecule has 5 heteroatoms. The predicted molar refractivity (Wildman–Crippen MR) is 144 cm³/mol. The monoisotopic (exact) mass is 464 g/mol. The van der Waals surface area contributed by atoms with Gasteiger partial charge in [-0.2, -0.15) is 9.97 Å². The van der Waals surface area contributed by atoms with Gasteiger partial charge in [0.1, 0.15) is 0 Å². The molecule has 0 spiro atoms. The lowest BCUT2D eigenvalue weighted by molar-refractivity contribution is 0.881. The maximum Gasteiger partial charge on any atom is 0.372 e. The molecule has 0 unspecified atom stereocenters. The second-order valence-electron chi connectivity index (χ2n) is 8.74. The van der Waals surface area contributed by atoms with Gasteiger partial charge in [-0.15, -0.1) is 0 Å². The largest absolute Gasteiger partial charge is 0.372 e. The van der Waals surface area contributed by atoms with E-state index in [-0.39, 0.29) is 0 Å². The summed E-state index contributed by atoms with van der Waals surface area (Å²) in [4.78, 5) is 21.8. The standard InChI is InChI=1S/C31H20N4O/c36-30-32-29-26(22-13-5-2-6-14-22)19-23(21-11-3-1-4-12-21)20-34(29)31(33-30)35-27-17-9-7-15-24(27)25-16-8-10-18-28(25)35/h1-20H. The molecule has 0 aliphatic rings. The Morgan fingerprint density at radius 2 is 1.11 bits per heavy atom. The Bertz CT molecular complexity index is 1900. The molecule has 0 saturated heterocycles. The van der Waals surface area contributed by atoms with Gasteiger partial charge in [0.25, 0.3) is 0 Å². The van der Waals surface area contributed by atoms with E-state index in [1.54, 1.807) is 0 Å². The first-order valence-electron chi connectivity index (χ1n) is 11.8. The lowest BCUT2D eigenvalue weighted by Crippen LogP contribution is -2.20. The number of aromatic nitrogens is 4. The first-order chi connectivity index (χ1) is 17.8. The minimum atomic E-state index is -0.517. The van der Waals surface area contributed by atoms with Crippen LogP contribution in [0.1, 0.15) is 0 Å². The van der Waals surface area contributed by atoms with E-state index < -0.39 is 5.69 Å². The molecule has 7 rings (SSSR count). The summed E-state index contributed by atoms with van der Waals surface area (Å²) in [6, 6.07) is 38.8. The molecule has 3 aromatic heterocycles. The van der Waals surface area contributed by atoms with E-state index in [0.717, 1.165) is 44.1 Å². The first kappa shape index (κ1) is 20.4. The van der Waals surface area contributed by atoms with Gasteiger partial charge in [-0.1, -0.05) is 97.1 Å². The summed E-state index contributed by atoms with van der Waals surface area (Å²) in [6.45, 7) is 0. The second kappa shape index (κ2) is 8.03. The number of hydrogen-bond acceptors (Lipinski definition) is 3. The highest BCUT2D eigenvalue weighted by atomic mass is 16.1. The van der Waals surface area contributed by atoms with Crippen molar-refractivity contribution in [2.45, 2.75) is 0 Å². The third-order valence-corrected chi connectivity index (χ3v) is 6.62. The number of para-hydroxylation sites is 2. The molecule has 3 heterocycles. The molecule has 0 N–H and O–H groups in total. The number of hydrogen-bond donors (Lipinski definition) is 0. The molecule has 4 aromatic carbocycles. The summed E-state index contributed by atoms with van der Waals surface area (Å²) in [5.74, 6) is 0.511. The number of rotatable bonds is 3. The van der Waals surface area contributed by atoms with Gasteiger partial charge < -0.3 is 0 Å². The maximum absolute atomic E-state index is 13.0. The highest BCUT2D eigenvalue weighted by molar-refractivity contribution is 6.09. The van der Waals surface area contributed by atoms with Gasteiger partial charge >= 0.3 is 5.69 Å². The lowest BCUT2D eigenvalue weighted by Gasteiger charge is -2.16. The van der Waals surface area contributed by atoms with Crippen LogP contribution in [0.2, 0.25) is 0 Å². The average molecular weight is 465 g/mol. The van der Waals surface area contributed by atoms with Crippen LogP contribution in [-0.4, -0.2) is 18.9 Å². The van der Waals surface area contributed by atoms with E-state index in [9.17, 15) is 4.79 Å². The van der Waals surface area contributed by atoms with Crippen molar-refractivity contribution in [3.8, 4) is 28.2 Å². The SMILES string of the molecule is O=c1nc(-n2c3ccccc3c3ccccc32)n2cc(-c3ccccc3)cc(-c3ccccc3)c2n1. The highest BCUT2D eigenvalue weighted by Gasteiger charge is 2.18.